The number of ether oxygens (including phenoxy) is 1. The summed E-state index contributed by atoms with van der Waals surface area (Å²) in [6, 6.07) is 11.6. The quantitative estimate of drug-likeness (QED) is 0.885. The molecule has 5 heteroatoms. The molecule has 0 aromatic heterocycles. The van der Waals surface area contributed by atoms with E-state index >= 15 is 0 Å². The van der Waals surface area contributed by atoms with Crippen LogP contribution < -0.4 is 15.4 Å². The van der Waals surface area contributed by atoms with Gasteiger partial charge in [0.25, 0.3) is 5.91 Å². The minimum Gasteiger partial charge on any atom is -0.492 e. The fourth-order valence-corrected chi connectivity index (χ4v) is 2.70. The first-order valence-corrected chi connectivity index (χ1v) is 7.48. The van der Waals surface area contributed by atoms with Crippen LogP contribution in [0.5, 0.6) is 5.75 Å². The number of fused-ring (bicyclic) bond motifs is 1. The lowest BCUT2D eigenvalue weighted by Gasteiger charge is -2.11. The number of halogens is 1. The van der Waals surface area contributed by atoms with Crippen molar-refractivity contribution in [2.24, 2.45) is 0 Å². The largest absolute Gasteiger partial charge is 0.492 e. The third-order valence-electron chi connectivity index (χ3n) is 3.65. The molecule has 4 nitrogen and oxygen atoms in total. The van der Waals surface area contributed by atoms with Gasteiger partial charge in [-0.3, -0.25) is 4.79 Å². The van der Waals surface area contributed by atoms with Crippen LogP contribution in [0.25, 0.3) is 0 Å². The lowest BCUT2D eigenvalue weighted by molar-refractivity contribution is 0.102. The van der Waals surface area contributed by atoms with Gasteiger partial charge in [-0.2, -0.15) is 0 Å². The fourth-order valence-electron chi connectivity index (χ4n) is 2.70. The number of benzene rings is 2. The molecule has 0 atom stereocenters. The van der Waals surface area contributed by atoms with Gasteiger partial charge in [-0.15, -0.1) is 12.4 Å². The molecular weight excluding hydrogens is 312 g/mol. The normalized spacial score (nSPS) is 13.1. The third kappa shape index (κ3) is 4.24. The summed E-state index contributed by atoms with van der Waals surface area (Å²) in [5, 5.41) is 6.25. The standard InChI is InChI=1S/C18H20N2O2.ClH/c1-12-7-13(2)9-14(8-12)18(21)20-16-3-4-17-15(10-16)11-19-5-6-22-17;/h3-4,7-10,19H,5-6,11H2,1-2H3,(H,20,21);1H. The summed E-state index contributed by atoms with van der Waals surface area (Å²) in [6.07, 6.45) is 0. The molecule has 23 heavy (non-hydrogen) atoms. The van der Waals surface area contributed by atoms with Gasteiger partial charge in [0.2, 0.25) is 0 Å². The highest BCUT2D eigenvalue weighted by molar-refractivity contribution is 6.04. The van der Waals surface area contributed by atoms with Crippen LogP contribution >= 0.6 is 12.4 Å². The second kappa shape index (κ2) is 7.49. The molecule has 1 heterocycles. The topological polar surface area (TPSA) is 50.4 Å². The molecule has 1 aliphatic heterocycles. The summed E-state index contributed by atoms with van der Waals surface area (Å²) in [5.74, 6) is 0.795. The number of rotatable bonds is 2. The Bertz CT molecular complexity index is 696. The number of anilines is 1. The van der Waals surface area contributed by atoms with Crippen molar-refractivity contribution in [2.45, 2.75) is 20.4 Å². The van der Waals surface area contributed by atoms with E-state index in [1.807, 2.05) is 44.2 Å². The Hall–Kier alpha value is -2.04. The van der Waals surface area contributed by atoms with Crippen molar-refractivity contribution in [1.82, 2.24) is 5.32 Å². The van der Waals surface area contributed by atoms with Crippen molar-refractivity contribution in [2.75, 3.05) is 18.5 Å². The highest BCUT2D eigenvalue weighted by Gasteiger charge is 2.11. The third-order valence-corrected chi connectivity index (χ3v) is 3.65. The van der Waals surface area contributed by atoms with Crippen LogP contribution in [0.1, 0.15) is 27.0 Å². The molecule has 0 unspecified atom stereocenters. The number of nitrogens with one attached hydrogen (secondary N) is 2. The number of hydrogen-bond donors (Lipinski definition) is 2. The minimum absolute atomic E-state index is 0. The molecule has 0 spiro atoms. The Morgan fingerprint density at radius 3 is 2.61 bits per heavy atom. The first kappa shape index (κ1) is 17.3. The Balaban J connectivity index is 0.00000192. The molecule has 0 aliphatic carbocycles. The Kier molecular flexibility index (Phi) is 5.64. The zero-order valence-corrected chi connectivity index (χ0v) is 14.1. The summed E-state index contributed by atoms with van der Waals surface area (Å²) in [6.45, 7) is 6.24. The maximum Gasteiger partial charge on any atom is 0.255 e. The predicted molar refractivity (Wildman–Crippen MR) is 94.8 cm³/mol. The van der Waals surface area contributed by atoms with Crippen LogP contribution in [0, 0.1) is 13.8 Å². The molecule has 1 aliphatic rings. The summed E-state index contributed by atoms with van der Waals surface area (Å²) in [5.41, 5.74) is 4.71. The summed E-state index contributed by atoms with van der Waals surface area (Å²) in [7, 11) is 0. The van der Waals surface area contributed by atoms with Gasteiger partial charge in [0.15, 0.2) is 0 Å². The molecule has 0 radical (unpaired) electrons. The average Bonchev–Trinajstić information content (AvgIpc) is 2.71. The lowest BCUT2D eigenvalue weighted by Crippen LogP contribution is -2.16. The van der Waals surface area contributed by atoms with E-state index < -0.39 is 0 Å². The van der Waals surface area contributed by atoms with Gasteiger partial charge >= 0.3 is 0 Å². The van der Waals surface area contributed by atoms with E-state index in [1.54, 1.807) is 0 Å². The number of carbonyl (C=O) groups is 1. The summed E-state index contributed by atoms with van der Waals surface area (Å²) in [4.78, 5) is 12.4. The van der Waals surface area contributed by atoms with Crippen LogP contribution in [0.15, 0.2) is 36.4 Å². The van der Waals surface area contributed by atoms with Crippen LogP contribution in [-0.4, -0.2) is 19.1 Å². The Morgan fingerprint density at radius 1 is 1.13 bits per heavy atom. The predicted octanol–water partition coefficient (Wildman–Crippen LogP) is 3.46. The molecule has 2 N–H and O–H groups in total. The van der Waals surface area contributed by atoms with E-state index in [1.165, 1.54) is 0 Å². The molecular formula is C18H21ClN2O2. The minimum atomic E-state index is -0.0887. The van der Waals surface area contributed by atoms with Crippen molar-refractivity contribution >= 4 is 24.0 Å². The van der Waals surface area contributed by atoms with Crippen molar-refractivity contribution in [3.8, 4) is 5.75 Å². The first-order chi connectivity index (χ1) is 10.6. The van der Waals surface area contributed by atoms with Gasteiger partial charge in [-0.1, -0.05) is 17.2 Å². The van der Waals surface area contributed by atoms with E-state index in [0.29, 0.717) is 12.2 Å². The van der Waals surface area contributed by atoms with Crippen molar-refractivity contribution < 1.29 is 9.53 Å². The van der Waals surface area contributed by atoms with Gasteiger partial charge in [-0.25, -0.2) is 0 Å². The number of amides is 1. The maximum atomic E-state index is 12.4. The number of aryl methyl sites for hydroxylation is 2. The summed E-state index contributed by atoms with van der Waals surface area (Å²) >= 11 is 0. The Morgan fingerprint density at radius 2 is 1.87 bits per heavy atom. The van der Waals surface area contributed by atoms with Crippen LogP contribution in [0.2, 0.25) is 0 Å². The average molecular weight is 333 g/mol. The van der Waals surface area contributed by atoms with E-state index in [4.69, 9.17) is 4.74 Å². The SMILES string of the molecule is Cc1cc(C)cc(C(=O)Nc2ccc3c(c2)CNCCO3)c1.Cl. The highest BCUT2D eigenvalue weighted by atomic mass is 35.5. The Labute approximate surface area is 142 Å². The van der Waals surface area contributed by atoms with Gasteiger partial charge in [0.1, 0.15) is 12.4 Å². The van der Waals surface area contributed by atoms with E-state index in [-0.39, 0.29) is 18.3 Å². The number of hydrogen-bond acceptors (Lipinski definition) is 3. The molecule has 0 saturated heterocycles. The monoisotopic (exact) mass is 332 g/mol. The molecule has 2 aromatic rings. The first-order valence-electron chi connectivity index (χ1n) is 7.48. The molecule has 0 saturated carbocycles. The molecule has 2 aromatic carbocycles. The van der Waals surface area contributed by atoms with Crippen molar-refractivity contribution in [3.05, 3.63) is 58.7 Å². The van der Waals surface area contributed by atoms with E-state index in [9.17, 15) is 4.79 Å². The fraction of sp³-hybridized carbons (Fsp3) is 0.278. The van der Waals surface area contributed by atoms with Crippen molar-refractivity contribution in [3.63, 3.8) is 0 Å². The second-order valence-electron chi connectivity index (χ2n) is 5.68. The molecule has 1 amide bonds. The summed E-state index contributed by atoms with van der Waals surface area (Å²) < 4.78 is 5.65. The molecule has 3 rings (SSSR count). The van der Waals surface area contributed by atoms with Crippen molar-refractivity contribution in [1.29, 1.82) is 0 Å². The molecule has 122 valence electrons. The molecule has 0 fully saturated rings. The van der Waals surface area contributed by atoms with Crippen LogP contribution in [0.3, 0.4) is 0 Å². The smallest absolute Gasteiger partial charge is 0.255 e. The van der Waals surface area contributed by atoms with E-state index in [0.717, 1.165) is 41.2 Å². The van der Waals surface area contributed by atoms with Crippen LogP contribution in [0.4, 0.5) is 5.69 Å². The van der Waals surface area contributed by atoms with Gasteiger partial charge in [0, 0.05) is 29.9 Å². The second-order valence-corrected chi connectivity index (χ2v) is 5.68. The van der Waals surface area contributed by atoms with Gasteiger partial charge < -0.3 is 15.4 Å². The van der Waals surface area contributed by atoms with Crippen LogP contribution in [-0.2, 0) is 6.54 Å². The van der Waals surface area contributed by atoms with Gasteiger partial charge in [-0.05, 0) is 44.2 Å². The maximum absolute atomic E-state index is 12.4. The zero-order valence-electron chi connectivity index (χ0n) is 13.3. The van der Waals surface area contributed by atoms with Gasteiger partial charge in [0.05, 0.1) is 0 Å². The lowest BCUT2D eigenvalue weighted by atomic mass is 10.1. The zero-order chi connectivity index (χ0) is 15.5. The van der Waals surface area contributed by atoms with E-state index in [2.05, 4.69) is 16.7 Å². The number of carbonyl (C=O) groups excluding carboxylic acids is 1. The highest BCUT2D eigenvalue weighted by Crippen LogP contribution is 2.24. The molecule has 0 bridgehead atoms.